The maximum Gasteiger partial charge on any atom is 0.321 e. The number of nitrogens with one attached hydrogen (secondary N) is 1. The highest BCUT2D eigenvalue weighted by Crippen LogP contribution is 2.41. The van der Waals surface area contributed by atoms with E-state index >= 15 is 0 Å². The molecular weight excluding hydrogens is 419 g/mol. The summed E-state index contributed by atoms with van der Waals surface area (Å²) in [6.45, 7) is 6.40. The van der Waals surface area contributed by atoms with Crippen LogP contribution in [0.3, 0.4) is 0 Å². The molecule has 2 N–H and O–H groups in total. The number of carboxylic acid groups (broad SMARTS) is 1. The normalized spacial score (nSPS) is 29.1. The van der Waals surface area contributed by atoms with E-state index in [1.54, 1.807) is 17.2 Å². The first-order valence-electron chi connectivity index (χ1n) is 6.67. The number of alkyl halides is 1. The summed E-state index contributed by atoms with van der Waals surface area (Å²) in [6, 6.07) is -0.255. The van der Waals surface area contributed by atoms with Crippen molar-refractivity contribution in [2.45, 2.75) is 36.3 Å². The lowest BCUT2D eigenvalue weighted by atomic mass is 10.1. The average molecular weight is 438 g/mol. The van der Waals surface area contributed by atoms with Gasteiger partial charge in [0.1, 0.15) is 24.9 Å². The second kappa shape index (κ2) is 6.43. The van der Waals surface area contributed by atoms with E-state index < -0.39 is 19.5 Å². The molecule has 8 heteroatoms. The summed E-state index contributed by atoms with van der Waals surface area (Å²) < 4.78 is 0.809. The Morgan fingerprint density at radius 2 is 2.24 bits per heavy atom. The first-order valence-corrected chi connectivity index (χ1v) is 12.6. The van der Waals surface area contributed by atoms with Gasteiger partial charge in [-0.05, 0) is 5.57 Å². The van der Waals surface area contributed by atoms with Gasteiger partial charge in [0, 0.05) is 10.6 Å². The van der Waals surface area contributed by atoms with Crippen molar-refractivity contribution in [3.8, 4) is 0 Å². The number of hydrogen-bond acceptors (Lipinski definition) is 4. The Morgan fingerprint density at radius 1 is 1.57 bits per heavy atom. The maximum atomic E-state index is 12.2. The summed E-state index contributed by atoms with van der Waals surface area (Å²) in [5, 5.41) is 8.69. The number of allylic oxidation sites excluding steroid dienone is 2. The van der Waals surface area contributed by atoms with Crippen LogP contribution >= 0.6 is 34.4 Å². The Bertz CT molecular complexity index is 518. The Hall–Kier alpha value is -0.323. The third kappa shape index (κ3) is 3.72. The molecule has 0 bridgehead atoms. The minimum atomic E-state index is -1.59. The molecule has 0 aromatic heterocycles. The predicted octanol–water partition coefficient (Wildman–Crippen LogP) is 2.02. The number of carbonyl (C=O) groups is 2. The largest absolute Gasteiger partial charge is 0.480 e. The quantitative estimate of drug-likeness (QED) is 0.298. The van der Waals surface area contributed by atoms with Gasteiger partial charge in [-0.25, -0.2) is 0 Å². The van der Waals surface area contributed by atoms with Crippen LogP contribution < -0.4 is 4.98 Å². The first kappa shape index (κ1) is 17.0. The highest BCUT2D eigenvalue weighted by Gasteiger charge is 2.52. The molecule has 2 rings (SSSR count). The molecule has 2 aliphatic rings. The zero-order chi connectivity index (χ0) is 15.8. The second-order valence-corrected chi connectivity index (χ2v) is 12.9. The third-order valence-electron chi connectivity index (χ3n) is 3.16. The van der Waals surface area contributed by atoms with Gasteiger partial charge in [-0.1, -0.05) is 54.4 Å². The van der Waals surface area contributed by atoms with Crippen molar-refractivity contribution >= 4 is 54.5 Å². The van der Waals surface area contributed by atoms with Gasteiger partial charge in [0.2, 0.25) is 5.91 Å². The van der Waals surface area contributed by atoms with E-state index in [-0.39, 0.29) is 17.3 Å². The summed E-state index contributed by atoms with van der Waals surface area (Å²) >= 11 is 3.54. The minimum absolute atomic E-state index is 0.0409. The third-order valence-corrected chi connectivity index (χ3v) is 6.37. The highest BCUT2D eigenvalue weighted by atomic mass is 127. The molecule has 1 fully saturated rings. The number of halogens is 1. The standard InChI is InChI=1S/C13H19IN2O3SSi/c1-21(2,3)15-9-11(17)16-7-8(5-4-6-14)10(13(18)19)20-12(9)16/h4-5,7,9-10,12,15H,6H2,1-3H3,(H,18,19)/b5-4+/t9-,10?,12-/m1/s1. The van der Waals surface area contributed by atoms with E-state index in [9.17, 15) is 14.7 Å². The lowest BCUT2D eigenvalue weighted by Gasteiger charge is -2.50. The van der Waals surface area contributed by atoms with Crippen LogP contribution in [0.4, 0.5) is 0 Å². The molecule has 0 saturated carbocycles. The first-order chi connectivity index (χ1) is 9.74. The molecule has 0 aliphatic carbocycles. The van der Waals surface area contributed by atoms with Gasteiger partial charge < -0.3 is 15.0 Å². The average Bonchev–Trinajstić information content (AvgIpc) is 2.40. The minimum Gasteiger partial charge on any atom is -0.480 e. The van der Waals surface area contributed by atoms with Crippen LogP contribution in [-0.4, -0.2) is 51.2 Å². The zero-order valence-electron chi connectivity index (χ0n) is 12.2. The number of fused-ring (bicyclic) bond motifs is 1. The van der Waals surface area contributed by atoms with Crippen molar-refractivity contribution in [1.29, 1.82) is 0 Å². The molecule has 1 unspecified atom stereocenters. The van der Waals surface area contributed by atoms with E-state index in [0.29, 0.717) is 5.57 Å². The van der Waals surface area contributed by atoms with Gasteiger partial charge in [-0.2, -0.15) is 0 Å². The van der Waals surface area contributed by atoms with E-state index in [0.717, 1.165) is 4.43 Å². The smallest absolute Gasteiger partial charge is 0.321 e. The zero-order valence-corrected chi connectivity index (χ0v) is 16.1. The molecule has 0 spiro atoms. The molecule has 0 radical (unpaired) electrons. The van der Waals surface area contributed by atoms with Crippen LogP contribution in [0.25, 0.3) is 0 Å². The highest BCUT2D eigenvalue weighted by molar-refractivity contribution is 14.1. The number of rotatable bonds is 5. The van der Waals surface area contributed by atoms with Crippen molar-refractivity contribution in [2.24, 2.45) is 0 Å². The molecule has 1 amide bonds. The molecule has 3 atom stereocenters. The van der Waals surface area contributed by atoms with E-state index in [1.165, 1.54) is 11.8 Å². The molecule has 2 heterocycles. The summed E-state index contributed by atoms with van der Waals surface area (Å²) in [5.41, 5.74) is 0.681. The van der Waals surface area contributed by atoms with Crippen molar-refractivity contribution in [2.75, 3.05) is 4.43 Å². The van der Waals surface area contributed by atoms with Gasteiger partial charge >= 0.3 is 5.97 Å². The van der Waals surface area contributed by atoms with Crippen LogP contribution in [0.2, 0.25) is 19.6 Å². The lowest BCUT2D eigenvalue weighted by molar-refractivity contribution is -0.142. The van der Waals surface area contributed by atoms with Gasteiger partial charge in [0.15, 0.2) is 0 Å². The summed E-state index contributed by atoms with van der Waals surface area (Å²) in [7, 11) is -1.59. The van der Waals surface area contributed by atoms with Crippen LogP contribution in [0.15, 0.2) is 23.9 Å². The van der Waals surface area contributed by atoms with Crippen LogP contribution in [-0.2, 0) is 9.59 Å². The Kier molecular flexibility index (Phi) is 5.22. The summed E-state index contributed by atoms with van der Waals surface area (Å²) in [4.78, 5) is 28.8. The van der Waals surface area contributed by atoms with E-state index in [4.69, 9.17) is 0 Å². The Balaban J connectivity index is 2.21. The van der Waals surface area contributed by atoms with Crippen LogP contribution in [0.5, 0.6) is 0 Å². The maximum absolute atomic E-state index is 12.2. The topological polar surface area (TPSA) is 69.6 Å². The van der Waals surface area contributed by atoms with E-state index in [1.807, 2.05) is 6.08 Å². The van der Waals surface area contributed by atoms with Gasteiger partial charge in [0.05, 0.1) is 0 Å². The fourth-order valence-corrected chi connectivity index (χ4v) is 5.24. The lowest BCUT2D eigenvalue weighted by Crippen LogP contribution is -2.71. The molecule has 0 aromatic carbocycles. The number of carbonyl (C=O) groups excluding carboxylic acids is 1. The monoisotopic (exact) mass is 438 g/mol. The Morgan fingerprint density at radius 3 is 2.76 bits per heavy atom. The fourth-order valence-electron chi connectivity index (χ4n) is 2.33. The number of thioether (sulfide) groups is 1. The number of carboxylic acids is 1. The molecule has 1 saturated heterocycles. The van der Waals surface area contributed by atoms with Crippen molar-refractivity contribution in [1.82, 2.24) is 9.88 Å². The second-order valence-electron chi connectivity index (χ2n) is 6.05. The van der Waals surface area contributed by atoms with Gasteiger partial charge in [-0.15, -0.1) is 11.8 Å². The van der Waals surface area contributed by atoms with Crippen molar-refractivity contribution < 1.29 is 14.7 Å². The molecule has 0 aromatic rings. The molecule has 5 nitrogen and oxygen atoms in total. The summed E-state index contributed by atoms with van der Waals surface area (Å²) in [6.07, 6.45) is 5.42. The molecular formula is C13H19IN2O3SSi. The molecule has 2 aliphatic heterocycles. The number of nitrogens with zero attached hydrogens (tertiary/aromatic N) is 1. The number of hydrogen-bond donors (Lipinski definition) is 2. The number of aliphatic carboxylic acids is 1. The van der Waals surface area contributed by atoms with Crippen LogP contribution in [0.1, 0.15) is 0 Å². The van der Waals surface area contributed by atoms with Crippen LogP contribution in [0, 0.1) is 0 Å². The Labute approximate surface area is 143 Å². The van der Waals surface area contributed by atoms with Crippen molar-refractivity contribution in [3.63, 3.8) is 0 Å². The van der Waals surface area contributed by atoms with Crippen molar-refractivity contribution in [3.05, 3.63) is 23.9 Å². The summed E-state index contributed by atoms with van der Waals surface area (Å²) in [5.74, 6) is -0.811. The predicted molar refractivity (Wildman–Crippen MR) is 96.0 cm³/mol. The molecule has 21 heavy (non-hydrogen) atoms. The molecule has 116 valence electrons. The number of amides is 1. The van der Waals surface area contributed by atoms with E-state index in [2.05, 4.69) is 47.2 Å². The fraction of sp³-hybridized carbons (Fsp3) is 0.538. The SMILES string of the molecule is C[Si](C)(C)N[C@@H]1C(=O)N2C=C(/C=C/CI)C(C(=O)O)S[C@H]12. The van der Waals surface area contributed by atoms with Gasteiger partial charge in [-0.3, -0.25) is 9.59 Å². The number of β-lactam (4-membered cyclic amide) rings is 1. The van der Waals surface area contributed by atoms with Gasteiger partial charge in [0.25, 0.3) is 0 Å².